The molecule has 7 nitrogen and oxygen atoms in total. The van der Waals surface area contributed by atoms with Crippen molar-refractivity contribution in [1.29, 1.82) is 0 Å². The van der Waals surface area contributed by atoms with E-state index in [0.717, 1.165) is 23.7 Å². The minimum absolute atomic E-state index is 0.0372. The third-order valence-electron chi connectivity index (χ3n) is 5.02. The molecule has 0 fully saturated rings. The first kappa shape index (κ1) is 18.2. The van der Waals surface area contributed by atoms with Crippen LogP contribution >= 0.6 is 0 Å². The Labute approximate surface area is 164 Å². The monoisotopic (exact) mass is 380 g/mol. The summed E-state index contributed by atoms with van der Waals surface area (Å²) in [7, 11) is 3.28. The van der Waals surface area contributed by atoms with Gasteiger partial charge in [-0.25, -0.2) is 4.68 Å². The van der Waals surface area contributed by atoms with Gasteiger partial charge in [-0.05, 0) is 48.7 Å². The molecule has 4 rings (SSSR count). The second-order valence-corrected chi connectivity index (χ2v) is 6.59. The van der Waals surface area contributed by atoms with Crippen LogP contribution in [0.2, 0.25) is 0 Å². The molecule has 2 aromatic carbocycles. The van der Waals surface area contributed by atoms with Crippen LogP contribution in [-0.2, 0) is 0 Å². The molecule has 0 saturated heterocycles. The van der Waals surface area contributed by atoms with Crippen LogP contribution < -0.4 is 19.5 Å². The van der Waals surface area contributed by atoms with E-state index in [1.807, 2.05) is 35.9 Å². The molecule has 1 aliphatic rings. The van der Waals surface area contributed by atoms with Crippen molar-refractivity contribution in [2.24, 2.45) is 0 Å². The van der Waals surface area contributed by atoms with E-state index in [0.29, 0.717) is 18.1 Å². The first-order valence-corrected chi connectivity index (χ1v) is 9.34. The molecule has 0 aliphatic carbocycles. The zero-order chi connectivity index (χ0) is 19.5. The summed E-state index contributed by atoms with van der Waals surface area (Å²) in [5, 5.41) is 7.92. The highest BCUT2D eigenvalue weighted by Gasteiger charge is 2.30. The van der Waals surface area contributed by atoms with Gasteiger partial charge >= 0.3 is 0 Å². The molecule has 1 aliphatic heterocycles. The molecule has 0 amide bonds. The van der Waals surface area contributed by atoms with Crippen molar-refractivity contribution in [2.45, 2.75) is 25.4 Å². The third kappa shape index (κ3) is 3.35. The summed E-state index contributed by atoms with van der Waals surface area (Å²) in [6.07, 6.45) is 2.41. The second kappa shape index (κ2) is 7.80. The molecule has 1 N–H and O–H groups in total. The Morgan fingerprint density at radius 3 is 2.50 bits per heavy atom. The molecule has 146 valence electrons. The van der Waals surface area contributed by atoms with Gasteiger partial charge < -0.3 is 19.5 Å². The van der Waals surface area contributed by atoms with Gasteiger partial charge in [0.1, 0.15) is 12.1 Å². The molecule has 28 heavy (non-hydrogen) atoms. The van der Waals surface area contributed by atoms with E-state index < -0.39 is 0 Å². The maximum atomic E-state index is 5.56. The van der Waals surface area contributed by atoms with E-state index in [2.05, 4.69) is 33.6 Å². The molecule has 0 spiro atoms. The van der Waals surface area contributed by atoms with Crippen LogP contribution in [0.25, 0.3) is 0 Å². The Morgan fingerprint density at radius 2 is 1.79 bits per heavy atom. The first-order chi connectivity index (χ1) is 13.7. The summed E-state index contributed by atoms with van der Waals surface area (Å²) in [4.78, 5) is 4.39. The predicted molar refractivity (Wildman–Crippen MR) is 106 cm³/mol. The SMILES string of the molecule is CCOc1ccc([C@H]2C[C@@H](c3ccc(OC)c(OC)c3)n3ncnc3N2)cc1. The van der Waals surface area contributed by atoms with Gasteiger partial charge in [0, 0.05) is 0 Å². The maximum absolute atomic E-state index is 5.56. The fraction of sp³-hybridized carbons (Fsp3) is 0.333. The van der Waals surface area contributed by atoms with Gasteiger partial charge in [0.25, 0.3) is 0 Å². The standard InChI is InChI=1S/C21H24N4O3/c1-4-28-16-8-5-14(6-9-16)17-12-18(25-21(24-17)22-13-23-25)15-7-10-19(26-2)20(11-15)27-3/h5-11,13,17-18H,4,12H2,1-3H3,(H,22,23,24)/t17-,18+/m1/s1. The highest BCUT2D eigenvalue weighted by Crippen LogP contribution is 2.40. The lowest BCUT2D eigenvalue weighted by atomic mass is 9.93. The van der Waals surface area contributed by atoms with Gasteiger partial charge in [0.05, 0.1) is 32.9 Å². The fourth-order valence-electron chi connectivity index (χ4n) is 3.64. The van der Waals surface area contributed by atoms with Gasteiger partial charge in [-0.1, -0.05) is 18.2 Å². The van der Waals surface area contributed by atoms with E-state index in [9.17, 15) is 0 Å². The third-order valence-corrected chi connectivity index (χ3v) is 5.02. The lowest BCUT2D eigenvalue weighted by Crippen LogP contribution is -2.28. The largest absolute Gasteiger partial charge is 0.494 e. The smallest absolute Gasteiger partial charge is 0.222 e. The van der Waals surface area contributed by atoms with Crippen molar-refractivity contribution in [3.05, 3.63) is 59.9 Å². The van der Waals surface area contributed by atoms with Crippen LogP contribution in [0.3, 0.4) is 0 Å². The molecule has 2 atom stereocenters. The summed E-state index contributed by atoms with van der Waals surface area (Å²) in [5.41, 5.74) is 2.28. The molecule has 2 heterocycles. The number of nitrogens with zero attached hydrogens (tertiary/aromatic N) is 3. The Kier molecular flexibility index (Phi) is 5.06. The van der Waals surface area contributed by atoms with Gasteiger partial charge in [0.2, 0.25) is 5.95 Å². The van der Waals surface area contributed by atoms with Gasteiger partial charge in [-0.2, -0.15) is 10.1 Å². The van der Waals surface area contributed by atoms with Gasteiger partial charge in [0.15, 0.2) is 11.5 Å². The highest BCUT2D eigenvalue weighted by molar-refractivity contribution is 5.46. The maximum Gasteiger partial charge on any atom is 0.222 e. The average Bonchev–Trinajstić information content (AvgIpc) is 3.22. The Hall–Kier alpha value is -3.22. The second-order valence-electron chi connectivity index (χ2n) is 6.59. The van der Waals surface area contributed by atoms with Crippen LogP contribution in [0.1, 0.15) is 36.6 Å². The van der Waals surface area contributed by atoms with Crippen molar-refractivity contribution in [3.8, 4) is 17.2 Å². The van der Waals surface area contributed by atoms with Crippen LogP contribution in [0.5, 0.6) is 17.2 Å². The Balaban J connectivity index is 1.66. The number of anilines is 1. The van der Waals surface area contributed by atoms with Crippen LogP contribution in [0.4, 0.5) is 5.95 Å². The molecular formula is C21H24N4O3. The molecule has 0 unspecified atom stereocenters. The minimum atomic E-state index is 0.0372. The molecule has 0 saturated carbocycles. The van der Waals surface area contributed by atoms with E-state index in [1.165, 1.54) is 5.56 Å². The number of aromatic nitrogens is 3. The summed E-state index contributed by atoms with van der Waals surface area (Å²) in [5.74, 6) is 3.05. The number of ether oxygens (including phenoxy) is 3. The molecule has 0 radical (unpaired) electrons. The molecule has 0 bridgehead atoms. The number of rotatable bonds is 6. The minimum Gasteiger partial charge on any atom is -0.494 e. The zero-order valence-corrected chi connectivity index (χ0v) is 16.3. The highest BCUT2D eigenvalue weighted by atomic mass is 16.5. The number of fused-ring (bicyclic) bond motifs is 1. The van der Waals surface area contributed by atoms with Crippen molar-refractivity contribution >= 4 is 5.95 Å². The summed E-state index contributed by atoms with van der Waals surface area (Å²) in [6, 6.07) is 14.4. The van der Waals surface area contributed by atoms with Crippen LogP contribution in [-0.4, -0.2) is 35.6 Å². The molecule has 7 heteroatoms. The molecule has 3 aromatic rings. The molecular weight excluding hydrogens is 356 g/mol. The topological polar surface area (TPSA) is 70.4 Å². The number of benzene rings is 2. The summed E-state index contributed by atoms with van der Waals surface area (Å²) in [6.45, 7) is 2.64. The summed E-state index contributed by atoms with van der Waals surface area (Å²) >= 11 is 0. The van der Waals surface area contributed by atoms with Crippen molar-refractivity contribution < 1.29 is 14.2 Å². The lowest BCUT2D eigenvalue weighted by molar-refractivity contribution is 0.340. The van der Waals surface area contributed by atoms with E-state index >= 15 is 0 Å². The number of methoxy groups -OCH3 is 2. The fourth-order valence-corrected chi connectivity index (χ4v) is 3.64. The normalized spacial score (nSPS) is 18.1. The lowest BCUT2D eigenvalue weighted by Gasteiger charge is -2.32. The van der Waals surface area contributed by atoms with Crippen molar-refractivity contribution in [3.63, 3.8) is 0 Å². The van der Waals surface area contributed by atoms with Crippen molar-refractivity contribution in [2.75, 3.05) is 26.1 Å². The quantitative estimate of drug-likeness (QED) is 0.701. The predicted octanol–water partition coefficient (Wildman–Crippen LogP) is 3.84. The Bertz CT molecular complexity index is 939. The summed E-state index contributed by atoms with van der Waals surface area (Å²) < 4.78 is 18.3. The first-order valence-electron chi connectivity index (χ1n) is 9.34. The van der Waals surface area contributed by atoms with E-state index in [-0.39, 0.29) is 12.1 Å². The van der Waals surface area contributed by atoms with Crippen LogP contribution in [0.15, 0.2) is 48.8 Å². The van der Waals surface area contributed by atoms with E-state index in [4.69, 9.17) is 14.2 Å². The zero-order valence-electron chi connectivity index (χ0n) is 16.3. The Morgan fingerprint density at radius 1 is 1.04 bits per heavy atom. The van der Waals surface area contributed by atoms with Gasteiger partial charge in [-0.15, -0.1) is 0 Å². The van der Waals surface area contributed by atoms with Crippen LogP contribution in [0, 0.1) is 0 Å². The molecule has 1 aromatic heterocycles. The van der Waals surface area contributed by atoms with Gasteiger partial charge in [-0.3, -0.25) is 0 Å². The van der Waals surface area contributed by atoms with E-state index in [1.54, 1.807) is 20.5 Å². The number of nitrogens with one attached hydrogen (secondary N) is 1. The van der Waals surface area contributed by atoms with Crippen molar-refractivity contribution in [1.82, 2.24) is 14.8 Å². The average molecular weight is 380 g/mol. The number of hydrogen-bond donors (Lipinski definition) is 1. The number of hydrogen-bond acceptors (Lipinski definition) is 6.